The fraction of sp³-hybridized carbons (Fsp3) is 0.364. The van der Waals surface area contributed by atoms with E-state index in [1.807, 2.05) is 30.5 Å². The smallest absolute Gasteiger partial charge is 0.264 e. The lowest BCUT2D eigenvalue weighted by atomic mass is 9.94. The second kappa shape index (κ2) is 4.77. The van der Waals surface area contributed by atoms with Crippen molar-refractivity contribution >= 4 is 33.8 Å². The molecule has 5 heteroatoms. The highest BCUT2D eigenvalue weighted by Crippen LogP contribution is 2.43. The lowest BCUT2D eigenvalue weighted by Gasteiger charge is -2.44. The largest absolute Gasteiger partial charge is 0.369 e. The third-order valence-corrected chi connectivity index (χ3v) is 4.20. The Morgan fingerprint density at radius 3 is 2.69 bits per heavy atom. The standard InChI is InChI=1S/C11H12BrNO2S/c1-15-10-9(13(16-2)11(10)14)7-5-3-4-6-8(7)12/h3-6,9-10H,1-2H3/t9-,10+/m0/s1. The van der Waals surface area contributed by atoms with Crippen molar-refractivity contribution in [1.29, 1.82) is 0 Å². The number of halogens is 1. The average molecular weight is 302 g/mol. The molecule has 1 aromatic rings. The van der Waals surface area contributed by atoms with Gasteiger partial charge in [0.25, 0.3) is 5.91 Å². The highest BCUT2D eigenvalue weighted by molar-refractivity contribution is 9.10. The number of amides is 1. The molecular weight excluding hydrogens is 290 g/mol. The first-order chi connectivity index (χ1) is 7.70. The maximum absolute atomic E-state index is 11.7. The molecule has 1 aliphatic heterocycles. The van der Waals surface area contributed by atoms with Crippen molar-refractivity contribution in [1.82, 2.24) is 4.31 Å². The molecule has 16 heavy (non-hydrogen) atoms. The number of carbonyl (C=O) groups excluding carboxylic acids is 1. The zero-order valence-corrected chi connectivity index (χ0v) is 11.4. The van der Waals surface area contributed by atoms with Gasteiger partial charge in [-0.15, -0.1) is 0 Å². The number of hydrogen-bond donors (Lipinski definition) is 0. The lowest BCUT2D eigenvalue weighted by Crippen LogP contribution is -2.56. The van der Waals surface area contributed by atoms with E-state index in [0.717, 1.165) is 10.0 Å². The van der Waals surface area contributed by atoms with Crippen molar-refractivity contribution in [3.63, 3.8) is 0 Å². The summed E-state index contributed by atoms with van der Waals surface area (Å²) < 4.78 is 7.98. The topological polar surface area (TPSA) is 29.5 Å². The number of rotatable bonds is 3. The fourth-order valence-corrected chi connectivity index (χ4v) is 3.13. The molecule has 3 nitrogen and oxygen atoms in total. The van der Waals surface area contributed by atoms with Crippen molar-refractivity contribution in [3.05, 3.63) is 34.3 Å². The molecule has 0 aromatic heterocycles. The van der Waals surface area contributed by atoms with Crippen molar-refractivity contribution < 1.29 is 9.53 Å². The summed E-state index contributed by atoms with van der Waals surface area (Å²) in [5.74, 6) is 0.0377. The first-order valence-corrected chi connectivity index (χ1v) is 6.82. The van der Waals surface area contributed by atoms with Gasteiger partial charge in [0.2, 0.25) is 0 Å². The Hall–Kier alpha value is -0.520. The van der Waals surface area contributed by atoms with E-state index in [1.54, 1.807) is 11.4 Å². The van der Waals surface area contributed by atoms with E-state index in [-0.39, 0.29) is 18.1 Å². The van der Waals surface area contributed by atoms with Crippen LogP contribution >= 0.6 is 27.9 Å². The van der Waals surface area contributed by atoms with E-state index in [4.69, 9.17) is 4.74 Å². The van der Waals surface area contributed by atoms with Crippen molar-refractivity contribution in [2.75, 3.05) is 13.4 Å². The van der Waals surface area contributed by atoms with Gasteiger partial charge in [-0.05, 0) is 11.6 Å². The van der Waals surface area contributed by atoms with Gasteiger partial charge < -0.3 is 4.74 Å². The summed E-state index contributed by atoms with van der Waals surface area (Å²) in [6, 6.07) is 7.91. The highest BCUT2D eigenvalue weighted by Gasteiger charge is 2.49. The molecule has 2 rings (SSSR count). The van der Waals surface area contributed by atoms with Crippen LogP contribution in [0.2, 0.25) is 0 Å². The van der Waals surface area contributed by atoms with Gasteiger partial charge in [0.15, 0.2) is 6.10 Å². The summed E-state index contributed by atoms with van der Waals surface area (Å²) in [5, 5.41) is 0. The summed E-state index contributed by atoms with van der Waals surface area (Å²) >= 11 is 4.94. The molecule has 86 valence electrons. The van der Waals surface area contributed by atoms with Crippen LogP contribution in [0.5, 0.6) is 0 Å². The Labute approximate surface area is 107 Å². The monoisotopic (exact) mass is 301 g/mol. The van der Waals surface area contributed by atoms with Gasteiger partial charge in [0.05, 0.1) is 0 Å². The molecule has 1 amide bonds. The molecule has 0 N–H and O–H groups in total. The van der Waals surface area contributed by atoms with Gasteiger partial charge in [-0.1, -0.05) is 46.1 Å². The van der Waals surface area contributed by atoms with Crippen LogP contribution in [-0.2, 0) is 9.53 Å². The summed E-state index contributed by atoms with van der Waals surface area (Å²) in [6.07, 6.45) is 1.54. The number of carbonyl (C=O) groups is 1. The number of β-lactam (4-membered cyclic amide) rings is 1. The number of hydrogen-bond acceptors (Lipinski definition) is 3. The Bertz CT molecular complexity index is 399. The maximum atomic E-state index is 11.7. The van der Waals surface area contributed by atoms with Gasteiger partial charge in [-0.2, -0.15) is 0 Å². The van der Waals surface area contributed by atoms with Gasteiger partial charge in [-0.25, -0.2) is 0 Å². The molecule has 0 saturated carbocycles. The van der Waals surface area contributed by atoms with Crippen LogP contribution in [0, 0.1) is 0 Å². The first-order valence-electron chi connectivity index (χ1n) is 4.85. The lowest BCUT2D eigenvalue weighted by molar-refractivity contribution is -0.158. The quantitative estimate of drug-likeness (QED) is 0.635. The summed E-state index contributed by atoms with van der Waals surface area (Å²) in [5.41, 5.74) is 1.09. The average Bonchev–Trinajstić information content (AvgIpc) is 2.28. The van der Waals surface area contributed by atoms with Crippen molar-refractivity contribution in [2.24, 2.45) is 0 Å². The van der Waals surface area contributed by atoms with E-state index in [1.165, 1.54) is 11.9 Å². The van der Waals surface area contributed by atoms with E-state index in [9.17, 15) is 4.79 Å². The fourth-order valence-electron chi connectivity index (χ4n) is 1.88. The van der Waals surface area contributed by atoms with Crippen LogP contribution in [0.1, 0.15) is 11.6 Å². The molecule has 1 fully saturated rings. The Morgan fingerprint density at radius 2 is 2.12 bits per heavy atom. The second-order valence-electron chi connectivity index (χ2n) is 3.47. The van der Waals surface area contributed by atoms with E-state index in [0.29, 0.717) is 0 Å². The molecule has 0 bridgehead atoms. The van der Waals surface area contributed by atoms with Crippen LogP contribution in [0.15, 0.2) is 28.7 Å². The van der Waals surface area contributed by atoms with Gasteiger partial charge in [-0.3, -0.25) is 9.10 Å². The predicted octanol–water partition coefficient (Wildman–Crippen LogP) is 2.63. The normalized spacial score (nSPS) is 24.4. The zero-order chi connectivity index (χ0) is 11.7. The van der Waals surface area contributed by atoms with E-state index < -0.39 is 0 Å². The molecule has 1 aromatic carbocycles. The van der Waals surface area contributed by atoms with Crippen LogP contribution < -0.4 is 0 Å². The third-order valence-electron chi connectivity index (χ3n) is 2.67. The van der Waals surface area contributed by atoms with Crippen LogP contribution in [0.25, 0.3) is 0 Å². The van der Waals surface area contributed by atoms with Gasteiger partial charge in [0.1, 0.15) is 6.04 Å². The molecular formula is C11H12BrNO2S. The summed E-state index contributed by atoms with van der Waals surface area (Å²) in [6.45, 7) is 0. The number of nitrogens with zero attached hydrogens (tertiary/aromatic N) is 1. The zero-order valence-electron chi connectivity index (χ0n) is 9.01. The summed E-state index contributed by atoms with van der Waals surface area (Å²) in [7, 11) is 1.57. The van der Waals surface area contributed by atoms with Gasteiger partial charge >= 0.3 is 0 Å². The van der Waals surface area contributed by atoms with Gasteiger partial charge in [0, 0.05) is 17.8 Å². The Kier molecular flexibility index (Phi) is 3.56. The predicted molar refractivity (Wildman–Crippen MR) is 68.0 cm³/mol. The third kappa shape index (κ3) is 1.77. The molecule has 0 aliphatic carbocycles. The minimum atomic E-state index is -0.355. The minimum absolute atomic E-state index is 0.00285. The molecule has 0 spiro atoms. The minimum Gasteiger partial charge on any atom is -0.369 e. The maximum Gasteiger partial charge on any atom is 0.264 e. The molecule has 1 aliphatic rings. The van der Waals surface area contributed by atoms with Crippen molar-refractivity contribution in [2.45, 2.75) is 12.1 Å². The summed E-state index contributed by atoms with van der Waals surface area (Å²) in [4.78, 5) is 11.7. The second-order valence-corrected chi connectivity index (χ2v) is 5.08. The number of benzene rings is 1. The Balaban J connectivity index is 2.32. The molecule has 2 atom stereocenters. The van der Waals surface area contributed by atoms with Crippen molar-refractivity contribution in [3.8, 4) is 0 Å². The molecule has 0 unspecified atom stereocenters. The van der Waals surface area contributed by atoms with Crippen LogP contribution in [0.4, 0.5) is 0 Å². The molecule has 0 radical (unpaired) electrons. The SMILES string of the molecule is CO[C@H]1C(=O)N(SC)[C@H]1c1ccccc1Br. The first kappa shape index (κ1) is 12.0. The molecule has 1 saturated heterocycles. The van der Waals surface area contributed by atoms with E-state index >= 15 is 0 Å². The number of ether oxygens (including phenoxy) is 1. The van der Waals surface area contributed by atoms with Crippen LogP contribution in [0.3, 0.4) is 0 Å². The van der Waals surface area contributed by atoms with E-state index in [2.05, 4.69) is 15.9 Å². The van der Waals surface area contributed by atoms with Crippen LogP contribution in [-0.4, -0.2) is 29.7 Å². The number of methoxy groups -OCH3 is 1. The molecule has 1 heterocycles. The Morgan fingerprint density at radius 1 is 1.44 bits per heavy atom. The highest BCUT2D eigenvalue weighted by atomic mass is 79.9.